The molecule has 4 unspecified atom stereocenters. The predicted molar refractivity (Wildman–Crippen MR) is 108 cm³/mol. The van der Waals surface area contributed by atoms with Gasteiger partial charge in [-0.05, 0) is 18.2 Å². The van der Waals surface area contributed by atoms with Crippen LogP contribution in [0, 0.1) is 10.4 Å². The lowest BCUT2D eigenvalue weighted by atomic mass is 9.85. The molecule has 0 saturated carbocycles. The van der Waals surface area contributed by atoms with Crippen LogP contribution in [0.1, 0.15) is 23.6 Å². The Morgan fingerprint density at radius 2 is 1.90 bits per heavy atom. The third kappa shape index (κ3) is 3.82. The van der Waals surface area contributed by atoms with Crippen molar-refractivity contribution in [3.8, 4) is 17.2 Å². The van der Waals surface area contributed by atoms with Gasteiger partial charge in [0.25, 0.3) is 0 Å². The molecule has 7 heteroatoms. The largest absolute Gasteiger partial charge is 0.634 e. The van der Waals surface area contributed by atoms with Crippen molar-refractivity contribution in [2.45, 2.75) is 24.9 Å². The van der Waals surface area contributed by atoms with E-state index in [0.717, 1.165) is 22.3 Å². The molecule has 0 fully saturated rings. The van der Waals surface area contributed by atoms with E-state index in [0.29, 0.717) is 37.4 Å². The summed E-state index contributed by atoms with van der Waals surface area (Å²) in [6, 6.07) is 11.7. The summed E-state index contributed by atoms with van der Waals surface area (Å²) in [7, 11) is 3.21. The van der Waals surface area contributed by atoms with Crippen LogP contribution in [0.2, 0.25) is 0 Å². The molecule has 4 atom stereocenters. The Hall–Kier alpha value is -2.58. The molecule has 2 aromatic rings. The first-order valence-electron chi connectivity index (χ1n) is 9.76. The minimum Gasteiger partial charge on any atom is -0.634 e. The first kappa shape index (κ1) is 19.7. The highest BCUT2D eigenvalue weighted by atomic mass is 16.5. The molecule has 3 N–H and O–H groups in total. The van der Waals surface area contributed by atoms with Crippen LogP contribution < -0.4 is 19.6 Å². The summed E-state index contributed by atoms with van der Waals surface area (Å²) in [5.74, 6) is 1.51. The fraction of sp³-hybridized carbons (Fsp3) is 0.364. The van der Waals surface area contributed by atoms with Gasteiger partial charge in [-0.15, -0.1) is 0 Å². The summed E-state index contributed by atoms with van der Waals surface area (Å²) in [4.78, 5) is 0. The number of phenolic OH excluding ortho intramolecular Hbond substituents is 1. The summed E-state index contributed by atoms with van der Waals surface area (Å²) in [5, 5.41) is 35.9. The molecule has 0 spiro atoms. The fourth-order valence-electron chi connectivity index (χ4n) is 4.59. The van der Waals surface area contributed by atoms with E-state index >= 15 is 0 Å². The molecular formula is C22H26N2O5. The number of hydrogen-bond acceptors (Lipinski definition) is 5. The van der Waals surface area contributed by atoms with Crippen molar-refractivity contribution in [2.75, 3.05) is 27.3 Å². The number of hydroxylamine groups is 4. The third-order valence-corrected chi connectivity index (χ3v) is 5.94. The first-order chi connectivity index (χ1) is 14.0. The molecule has 0 bridgehead atoms. The average molecular weight is 398 g/mol. The van der Waals surface area contributed by atoms with E-state index in [1.54, 1.807) is 32.4 Å². The maximum Gasteiger partial charge on any atom is 0.141 e. The Morgan fingerprint density at radius 1 is 1.07 bits per heavy atom. The van der Waals surface area contributed by atoms with Crippen LogP contribution in [0.5, 0.6) is 17.2 Å². The van der Waals surface area contributed by atoms with Crippen molar-refractivity contribution in [3.05, 3.63) is 75.2 Å². The Morgan fingerprint density at radius 3 is 2.62 bits per heavy atom. The molecule has 0 saturated heterocycles. The standard InChI is InChI=1S/C22H26N2O5/c1-28-19-7-6-14(21(11-19)29-2)8-17-9-16-12-23(26)13-20(16)22(24(17)27)15-4-3-5-18(25)10-15/h3-7,10-11,17,22-25H,8-9,12-13H2,1-2H3. The molecule has 29 heavy (non-hydrogen) atoms. The molecule has 0 aromatic heterocycles. The SMILES string of the molecule is COc1ccc(CC2CC3=C(C[NH+]([O-])C3)C(c3cccc(O)c3)[NH+]2[O-])c(OC)c1. The first-order valence-corrected chi connectivity index (χ1v) is 9.76. The molecular weight excluding hydrogens is 372 g/mol. The van der Waals surface area contributed by atoms with Gasteiger partial charge in [-0.1, -0.05) is 18.2 Å². The number of phenols is 1. The van der Waals surface area contributed by atoms with E-state index in [9.17, 15) is 15.5 Å². The van der Waals surface area contributed by atoms with Crippen molar-refractivity contribution in [2.24, 2.45) is 0 Å². The normalized spacial score (nSPS) is 26.3. The molecule has 2 heterocycles. The molecule has 2 aromatic carbocycles. The van der Waals surface area contributed by atoms with Crippen LogP contribution in [0.25, 0.3) is 0 Å². The molecule has 7 nitrogen and oxygen atoms in total. The molecule has 2 aliphatic rings. The fourth-order valence-corrected chi connectivity index (χ4v) is 4.59. The molecule has 2 aliphatic heterocycles. The van der Waals surface area contributed by atoms with Crippen LogP contribution in [-0.4, -0.2) is 38.5 Å². The predicted octanol–water partition coefficient (Wildman–Crippen LogP) is 0.541. The minimum absolute atomic E-state index is 0.0990. The lowest BCUT2D eigenvalue weighted by molar-refractivity contribution is -0.905. The van der Waals surface area contributed by atoms with Crippen LogP contribution in [0.4, 0.5) is 0 Å². The van der Waals surface area contributed by atoms with Crippen LogP contribution in [-0.2, 0) is 6.42 Å². The summed E-state index contributed by atoms with van der Waals surface area (Å²) in [6.45, 7) is 0.758. The van der Waals surface area contributed by atoms with Crippen LogP contribution >= 0.6 is 0 Å². The highest BCUT2D eigenvalue weighted by molar-refractivity contribution is 5.42. The number of methoxy groups -OCH3 is 2. The summed E-state index contributed by atoms with van der Waals surface area (Å²) < 4.78 is 10.8. The third-order valence-electron chi connectivity index (χ3n) is 5.94. The monoisotopic (exact) mass is 398 g/mol. The van der Waals surface area contributed by atoms with E-state index in [4.69, 9.17) is 9.47 Å². The van der Waals surface area contributed by atoms with E-state index in [2.05, 4.69) is 0 Å². The van der Waals surface area contributed by atoms with Crippen molar-refractivity contribution in [3.63, 3.8) is 0 Å². The zero-order valence-electron chi connectivity index (χ0n) is 16.6. The minimum atomic E-state index is -0.466. The summed E-state index contributed by atoms with van der Waals surface area (Å²) >= 11 is 0. The van der Waals surface area contributed by atoms with E-state index in [1.807, 2.05) is 24.3 Å². The molecule has 0 radical (unpaired) electrons. The van der Waals surface area contributed by atoms with Gasteiger partial charge in [-0.3, -0.25) is 0 Å². The average Bonchev–Trinajstić information content (AvgIpc) is 3.08. The number of benzene rings is 2. The van der Waals surface area contributed by atoms with Gasteiger partial charge in [0.2, 0.25) is 0 Å². The van der Waals surface area contributed by atoms with Crippen molar-refractivity contribution >= 4 is 0 Å². The van der Waals surface area contributed by atoms with Gasteiger partial charge in [-0.25, -0.2) is 0 Å². The zero-order valence-corrected chi connectivity index (χ0v) is 16.6. The number of quaternary nitrogens is 2. The Labute approximate surface area is 169 Å². The number of aromatic hydroxyl groups is 1. The molecule has 154 valence electrons. The number of nitrogens with one attached hydrogen (secondary N) is 2. The summed E-state index contributed by atoms with van der Waals surface area (Å²) in [5.41, 5.74) is 3.71. The molecule has 0 amide bonds. The van der Waals surface area contributed by atoms with Gasteiger partial charge in [-0.2, -0.15) is 0 Å². The van der Waals surface area contributed by atoms with Crippen molar-refractivity contribution in [1.29, 1.82) is 0 Å². The van der Waals surface area contributed by atoms with E-state index in [-0.39, 0.29) is 21.9 Å². The lowest BCUT2D eigenvalue weighted by Gasteiger charge is -2.42. The summed E-state index contributed by atoms with van der Waals surface area (Å²) in [6.07, 6.45) is 1.14. The highest BCUT2D eigenvalue weighted by Gasteiger charge is 2.41. The number of rotatable bonds is 5. The Kier molecular flexibility index (Phi) is 5.47. The maximum atomic E-state index is 13.5. The number of ether oxygens (including phenoxy) is 2. The van der Waals surface area contributed by atoms with Gasteiger partial charge in [0.05, 0.1) is 32.4 Å². The topological polar surface area (TPSA) is 93.7 Å². The van der Waals surface area contributed by atoms with Crippen molar-refractivity contribution < 1.29 is 24.7 Å². The smallest absolute Gasteiger partial charge is 0.141 e. The van der Waals surface area contributed by atoms with Gasteiger partial charge in [0.15, 0.2) is 0 Å². The van der Waals surface area contributed by atoms with Crippen LogP contribution in [0.3, 0.4) is 0 Å². The van der Waals surface area contributed by atoms with Gasteiger partial charge >= 0.3 is 0 Å². The zero-order chi connectivity index (χ0) is 20.5. The van der Waals surface area contributed by atoms with Gasteiger partial charge in [0.1, 0.15) is 29.8 Å². The van der Waals surface area contributed by atoms with E-state index in [1.165, 1.54) is 0 Å². The lowest BCUT2D eigenvalue weighted by Crippen LogP contribution is -3.13. The van der Waals surface area contributed by atoms with Crippen molar-refractivity contribution in [1.82, 2.24) is 0 Å². The quantitative estimate of drug-likeness (QED) is 0.505. The second kappa shape index (κ2) is 8.04. The van der Waals surface area contributed by atoms with Gasteiger partial charge in [0, 0.05) is 35.6 Å². The van der Waals surface area contributed by atoms with Crippen LogP contribution in [0.15, 0.2) is 53.6 Å². The van der Waals surface area contributed by atoms with Gasteiger partial charge < -0.3 is 35.1 Å². The Balaban J connectivity index is 1.67. The molecule has 0 aliphatic carbocycles. The molecule has 4 rings (SSSR count). The highest BCUT2D eigenvalue weighted by Crippen LogP contribution is 2.32. The number of hydrogen-bond donors (Lipinski definition) is 3. The Bertz CT molecular complexity index is 929. The maximum absolute atomic E-state index is 13.5. The van der Waals surface area contributed by atoms with E-state index < -0.39 is 6.04 Å². The second-order valence-electron chi connectivity index (χ2n) is 7.73. The second-order valence-corrected chi connectivity index (χ2v) is 7.73.